The Bertz CT molecular complexity index is 1330. The Morgan fingerprint density at radius 2 is 1.85 bits per heavy atom. The summed E-state index contributed by atoms with van der Waals surface area (Å²) < 4.78 is 11.5. The Kier molecular flexibility index (Phi) is 6.87. The van der Waals surface area contributed by atoms with Crippen LogP contribution >= 0.6 is 11.3 Å². The van der Waals surface area contributed by atoms with Gasteiger partial charge in [-0.25, -0.2) is 4.98 Å². The number of nitrogens with zero attached hydrogens (tertiary/aromatic N) is 2. The van der Waals surface area contributed by atoms with E-state index in [0.29, 0.717) is 28.7 Å². The van der Waals surface area contributed by atoms with E-state index in [9.17, 15) is 5.26 Å². The van der Waals surface area contributed by atoms with Crippen LogP contribution < -0.4 is 9.47 Å². The van der Waals surface area contributed by atoms with Crippen molar-refractivity contribution in [2.45, 2.75) is 20.5 Å². The van der Waals surface area contributed by atoms with E-state index in [1.165, 1.54) is 22.5 Å². The highest BCUT2D eigenvalue weighted by molar-refractivity contribution is 7.11. The third-order valence-electron chi connectivity index (χ3n) is 5.25. The van der Waals surface area contributed by atoms with E-state index < -0.39 is 0 Å². The highest BCUT2D eigenvalue weighted by Crippen LogP contribution is 2.32. The molecule has 4 aromatic rings. The van der Waals surface area contributed by atoms with Crippen LogP contribution in [0.2, 0.25) is 0 Å². The molecular weight excluding hydrogens is 428 g/mol. The van der Waals surface area contributed by atoms with Crippen molar-refractivity contribution in [2.75, 3.05) is 7.11 Å². The van der Waals surface area contributed by atoms with Crippen molar-refractivity contribution in [3.63, 3.8) is 0 Å². The number of methoxy groups -OCH3 is 1. The number of aromatic nitrogens is 1. The topological polar surface area (TPSA) is 55.1 Å². The number of nitriles is 1. The minimum atomic E-state index is 0.455. The monoisotopic (exact) mass is 452 g/mol. The van der Waals surface area contributed by atoms with Crippen LogP contribution in [0, 0.1) is 25.2 Å². The van der Waals surface area contributed by atoms with Gasteiger partial charge in [-0.15, -0.1) is 11.3 Å². The molecule has 0 aliphatic rings. The van der Waals surface area contributed by atoms with Gasteiger partial charge >= 0.3 is 0 Å². The molecule has 0 radical (unpaired) electrons. The van der Waals surface area contributed by atoms with E-state index >= 15 is 0 Å². The SMILES string of the molecule is COc1cc(/C=C(\C#N)c2nc(-c3ccc(C)cc3C)cs2)ccc1OCc1ccccc1. The molecular formula is C28H24N2O2S. The van der Waals surface area contributed by atoms with Gasteiger partial charge < -0.3 is 9.47 Å². The second-order valence-corrected chi connectivity index (χ2v) is 8.57. The standard InChI is InChI=1S/C28H24N2O2S/c1-19-9-11-24(20(2)13-19)25-18-33-28(30-25)23(16-29)14-22-10-12-26(27(15-22)31-3)32-17-21-7-5-4-6-8-21/h4-15,18H,17H2,1-3H3/b23-14+. The molecule has 5 heteroatoms. The zero-order valence-corrected chi connectivity index (χ0v) is 19.6. The Morgan fingerprint density at radius 1 is 1.03 bits per heavy atom. The second kappa shape index (κ2) is 10.2. The van der Waals surface area contributed by atoms with Crippen molar-refractivity contribution < 1.29 is 9.47 Å². The molecule has 0 atom stereocenters. The first kappa shape index (κ1) is 22.3. The minimum Gasteiger partial charge on any atom is -0.493 e. The summed E-state index contributed by atoms with van der Waals surface area (Å²) in [5.74, 6) is 1.27. The molecule has 0 spiro atoms. The summed E-state index contributed by atoms with van der Waals surface area (Å²) in [5, 5.41) is 12.5. The van der Waals surface area contributed by atoms with Crippen LogP contribution in [0.3, 0.4) is 0 Å². The van der Waals surface area contributed by atoms with Crippen LogP contribution in [0.4, 0.5) is 0 Å². The van der Waals surface area contributed by atoms with Crippen molar-refractivity contribution in [2.24, 2.45) is 0 Å². The zero-order valence-electron chi connectivity index (χ0n) is 18.8. The molecule has 164 valence electrons. The normalized spacial score (nSPS) is 11.2. The highest BCUT2D eigenvalue weighted by Gasteiger charge is 2.12. The van der Waals surface area contributed by atoms with Crippen LogP contribution in [0.5, 0.6) is 11.5 Å². The van der Waals surface area contributed by atoms with Gasteiger partial charge in [-0.3, -0.25) is 0 Å². The molecule has 0 saturated carbocycles. The lowest BCUT2D eigenvalue weighted by Gasteiger charge is -2.11. The van der Waals surface area contributed by atoms with Gasteiger partial charge in [-0.2, -0.15) is 5.26 Å². The molecule has 0 N–H and O–H groups in total. The molecule has 3 aromatic carbocycles. The number of allylic oxidation sites excluding steroid dienone is 1. The number of aryl methyl sites for hydroxylation is 2. The number of thiazole rings is 1. The predicted octanol–water partition coefficient (Wildman–Crippen LogP) is 7.08. The van der Waals surface area contributed by atoms with Crippen LogP contribution in [0.1, 0.15) is 27.3 Å². The van der Waals surface area contributed by atoms with Gasteiger partial charge in [0, 0.05) is 10.9 Å². The fraction of sp³-hybridized carbons (Fsp3) is 0.143. The average Bonchev–Trinajstić information content (AvgIpc) is 3.31. The molecule has 1 aromatic heterocycles. The van der Waals surface area contributed by atoms with E-state index in [1.807, 2.05) is 60.0 Å². The van der Waals surface area contributed by atoms with E-state index in [2.05, 4.69) is 38.1 Å². The van der Waals surface area contributed by atoms with E-state index in [0.717, 1.165) is 22.4 Å². The summed E-state index contributed by atoms with van der Waals surface area (Å²) in [6.45, 7) is 4.61. The molecule has 0 saturated heterocycles. The molecule has 0 fully saturated rings. The van der Waals surface area contributed by atoms with Crippen molar-refractivity contribution >= 4 is 23.0 Å². The fourth-order valence-electron chi connectivity index (χ4n) is 3.56. The molecule has 0 unspecified atom stereocenters. The Labute approximate surface area is 198 Å². The summed E-state index contributed by atoms with van der Waals surface area (Å²) in [5.41, 5.74) is 6.80. The molecule has 0 aliphatic carbocycles. The van der Waals surface area contributed by atoms with Crippen molar-refractivity contribution in [1.82, 2.24) is 4.98 Å². The lowest BCUT2D eigenvalue weighted by molar-refractivity contribution is 0.284. The van der Waals surface area contributed by atoms with E-state index in [1.54, 1.807) is 7.11 Å². The summed E-state index contributed by atoms with van der Waals surface area (Å²) >= 11 is 1.47. The number of ether oxygens (including phenoxy) is 2. The molecule has 4 rings (SSSR count). The molecule has 33 heavy (non-hydrogen) atoms. The Morgan fingerprint density at radius 3 is 2.58 bits per heavy atom. The fourth-order valence-corrected chi connectivity index (χ4v) is 4.34. The third kappa shape index (κ3) is 5.31. The smallest absolute Gasteiger partial charge is 0.161 e. The number of rotatable bonds is 7. The lowest BCUT2D eigenvalue weighted by atomic mass is 10.0. The molecule has 1 heterocycles. The minimum absolute atomic E-state index is 0.455. The summed E-state index contributed by atoms with van der Waals surface area (Å²) in [4.78, 5) is 4.73. The van der Waals surface area contributed by atoms with Gasteiger partial charge in [0.2, 0.25) is 0 Å². The maximum Gasteiger partial charge on any atom is 0.161 e. The summed E-state index contributed by atoms with van der Waals surface area (Å²) in [6, 6.07) is 24.2. The molecule has 0 amide bonds. The zero-order chi connectivity index (χ0) is 23.2. The average molecular weight is 453 g/mol. The van der Waals surface area contributed by atoms with Gasteiger partial charge in [0.25, 0.3) is 0 Å². The first-order valence-electron chi connectivity index (χ1n) is 10.6. The van der Waals surface area contributed by atoms with Gasteiger partial charge in [-0.1, -0.05) is 60.2 Å². The number of hydrogen-bond donors (Lipinski definition) is 0. The maximum atomic E-state index is 9.80. The second-order valence-electron chi connectivity index (χ2n) is 7.71. The lowest BCUT2D eigenvalue weighted by Crippen LogP contribution is -1.97. The summed E-state index contributed by atoms with van der Waals surface area (Å²) in [6.07, 6.45) is 1.83. The van der Waals surface area contributed by atoms with Gasteiger partial charge in [0.15, 0.2) is 11.5 Å². The van der Waals surface area contributed by atoms with Crippen LogP contribution in [0.25, 0.3) is 22.9 Å². The summed E-state index contributed by atoms with van der Waals surface area (Å²) in [7, 11) is 1.61. The van der Waals surface area contributed by atoms with Crippen molar-refractivity contribution in [1.29, 1.82) is 5.26 Å². The molecule has 4 nitrogen and oxygen atoms in total. The molecule has 0 aliphatic heterocycles. The first-order chi connectivity index (χ1) is 16.1. The highest BCUT2D eigenvalue weighted by atomic mass is 32.1. The van der Waals surface area contributed by atoms with Crippen LogP contribution in [0.15, 0.2) is 72.1 Å². The van der Waals surface area contributed by atoms with Gasteiger partial charge in [0.1, 0.15) is 17.7 Å². The third-order valence-corrected chi connectivity index (χ3v) is 6.12. The largest absolute Gasteiger partial charge is 0.493 e. The van der Waals surface area contributed by atoms with Gasteiger partial charge in [0.05, 0.1) is 18.4 Å². The van der Waals surface area contributed by atoms with E-state index in [-0.39, 0.29) is 0 Å². The maximum absolute atomic E-state index is 9.80. The quantitative estimate of drug-likeness (QED) is 0.281. The van der Waals surface area contributed by atoms with Crippen LogP contribution in [-0.2, 0) is 6.61 Å². The van der Waals surface area contributed by atoms with Gasteiger partial charge in [-0.05, 0) is 48.7 Å². The Hall–Kier alpha value is -3.88. The number of hydrogen-bond acceptors (Lipinski definition) is 5. The number of benzene rings is 3. The van der Waals surface area contributed by atoms with E-state index in [4.69, 9.17) is 14.5 Å². The molecule has 0 bridgehead atoms. The van der Waals surface area contributed by atoms with Crippen molar-refractivity contribution in [3.05, 3.63) is 99.4 Å². The first-order valence-corrected chi connectivity index (χ1v) is 11.5. The predicted molar refractivity (Wildman–Crippen MR) is 134 cm³/mol. The van der Waals surface area contributed by atoms with Crippen LogP contribution in [-0.4, -0.2) is 12.1 Å². The Balaban J connectivity index is 1.57. The van der Waals surface area contributed by atoms with Crippen molar-refractivity contribution in [3.8, 4) is 28.8 Å².